The molecule has 0 saturated heterocycles. The van der Waals surface area contributed by atoms with Crippen LogP contribution in [0.25, 0.3) is 0 Å². The van der Waals surface area contributed by atoms with E-state index in [0.717, 1.165) is 0 Å². The number of esters is 1. The summed E-state index contributed by atoms with van der Waals surface area (Å²) in [4.78, 5) is 11.1. The van der Waals surface area contributed by atoms with Crippen LogP contribution in [0.2, 0.25) is 0 Å². The van der Waals surface area contributed by atoms with Gasteiger partial charge in [0.1, 0.15) is 4.90 Å². The minimum Gasteiger partial charge on any atom is -0.461 e. The molecule has 4 nitrogen and oxygen atoms in total. The van der Waals surface area contributed by atoms with E-state index in [2.05, 4.69) is 4.74 Å². The van der Waals surface area contributed by atoms with Gasteiger partial charge in [0.2, 0.25) is 0 Å². The standard InChI is InChI=1S/C8H9ClFNO3S/c1-3-14-8(12)7-6(10)5(15(9)13)4-11(7)2/h4H,3H2,1-2H3. The van der Waals surface area contributed by atoms with Crippen LogP contribution in [-0.4, -0.2) is 21.4 Å². The normalized spacial score (nSPS) is 12.5. The van der Waals surface area contributed by atoms with Crippen molar-refractivity contribution in [3.63, 3.8) is 0 Å². The van der Waals surface area contributed by atoms with Crippen LogP contribution in [0.5, 0.6) is 0 Å². The fraction of sp³-hybridized carbons (Fsp3) is 0.375. The zero-order valence-electron chi connectivity index (χ0n) is 8.12. The van der Waals surface area contributed by atoms with Crippen LogP contribution in [0.1, 0.15) is 17.4 Å². The Balaban J connectivity index is 3.19. The first-order chi connectivity index (χ1) is 6.99. The number of ether oxygens (including phenoxy) is 1. The van der Waals surface area contributed by atoms with Gasteiger partial charge in [0.15, 0.2) is 21.5 Å². The van der Waals surface area contributed by atoms with Gasteiger partial charge in [-0.3, -0.25) is 0 Å². The van der Waals surface area contributed by atoms with Gasteiger partial charge >= 0.3 is 5.97 Å². The predicted octanol–water partition coefficient (Wildman–Crippen LogP) is 1.60. The number of aromatic nitrogens is 1. The van der Waals surface area contributed by atoms with E-state index in [-0.39, 0.29) is 17.2 Å². The second kappa shape index (κ2) is 4.76. The summed E-state index contributed by atoms with van der Waals surface area (Å²) in [5.41, 5.74) is -0.277. The number of rotatable bonds is 3. The predicted molar refractivity (Wildman–Crippen MR) is 53.6 cm³/mol. The molecule has 0 bridgehead atoms. The first kappa shape index (κ1) is 12.2. The molecule has 1 atom stereocenters. The fourth-order valence-electron chi connectivity index (χ4n) is 1.11. The maximum Gasteiger partial charge on any atom is 0.358 e. The first-order valence-corrected chi connectivity index (χ1v) is 6.06. The highest BCUT2D eigenvalue weighted by atomic mass is 35.7. The first-order valence-electron chi connectivity index (χ1n) is 4.09. The molecular formula is C8H9ClFNO3S. The number of hydrogen-bond acceptors (Lipinski definition) is 3. The van der Waals surface area contributed by atoms with E-state index in [1.165, 1.54) is 17.8 Å². The molecule has 84 valence electrons. The lowest BCUT2D eigenvalue weighted by atomic mass is 10.4. The Bertz CT molecular complexity index is 418. The highest BCUT2D eigenvalue weighted by Gasteiger charge is 2.23. The largest absolute Gasteiger partial charge is 0.461 e. The molecule has 0 aliphatic rings. The minimum absolute atomic E-state index is 0.142. The molecule has 0 aliphatic heterocycles. The second-order valence-electron chi connectivity index (χ2n) is 2.71. The van der Waals surface area contributed by atoms with Gasteiger partial charge in [-0.2, -0.15) is 0 Å². The number of hydrogen-bond donors (Lipinski definition) is 0. The molecule has 0 saturated carbocycles. The van der Waals surface area contributed by atoms with Crippen molar-refractivity contribution < 1.29 is 18.1 Å². The summed E-state index contributed by atoms with van der Waals surface area (Å²) in [7, 11) is 4.71. The Morgan fingerprint density at radius 1 is 1.73 bits per heavy atom. The third-order valence-electron chi connectivity index (χ3n) is 1.73. The number of halogens is 2. The maximum atomic E-state index is 13.5. The summed E-state index contributed by atoms with van der Waals surface area (Å²) in [5, 5.41) is 0. The van der Waals surface area contributed by atoms with Crippen molar-refractivity contribution in [1.82, 2.24) is 4.57 Å². The smallest absolute Gasteiger partial charge is 0.358 e. The lowest BCUT2D eigenvalue weighted by molar-refractivity contribution is 0.0509. The molecule has 0 radical (unpaired) electrons. The van der Waals surface area contributed by atoms with Gasteiger partial charge < -0.3 is 9.30 Å². The molecule has 0 amide bonds. The van der Waals surface area contributed by atoms with Crippen LogP contribution >= 0.6 is 10.7 Å². The van der Waals surface area contributed by atoms with Crippen molar-refractivity contribution >= 4 is 26.7 Å². The van der Waals surface area contributed by atoms with Crippen molar-refractivity contribution in [1.29, 1.82) is 0 Å². The van der Waals surface area contributed by atoms with Crippen LogP contribution in [0, 0.1) is 5.82 Å². The van der Waals surface area contributed by atoms with E-state index in [0.29, 0.717) is 0 Å². The quantitative estimate of drug-likeness (QED) is 0.607. The van der Waals surface area contributed by atoms with E-state index in [9.17, 15) is 13.4 Å². The van der Waals surface area contributed by atoms with E-state index in [1.54, 1.807) is 6.92 Å². The van der Waals surface area contributed by atoms with E-state index < -0.39 is 21.8 Å². The second-order valence-corrected chi connectivity index (χ2v) is 4.44. The van der Waals surface area contributed by atoms with Gasteiger partial charge in [0.05, 0.1) is 6.61 Å². The van der Waals surface area contributed by atoms with Crippen molar-refractivity contribution in [3.8, 4) is 0 Å². The molecule has 0 aliphatic carbocycles. The average molecular weight is 254 g/mol. The lowest BCUT2D eigenvalue weighted by Crippen LogP contribution is -2.11. The summed E-state index contributed by atoms with van der Waals surface area (Å²) in [6.07, 6.45) is 1.20. The number of carbonyl (C=O) groups is 1. The molecule has 7 heteroatoms. The fourth-order valence-corrected chi connectivity index (χ4v) is 1.91. The molecule has 0 aromatic carbocycles. The third-order valence-corrected chi connectivity index (χ3v) is 2.86. The minimum atomic E-state index is -1.98. The topological polar surface area (TPSA) is 48.3 Å². The molecule has 1 aromatic rings. The number of aryl methyl sites for hydroxylation is 1. The van der Waals surface area contributed by atoms with Crippen molar-refractivity contribution in [2.75, 3.05) is 6.61 Å². The highest BCUT2D eigenvalue weighted by Crippen LogP contribution is 2.20. The highest BCUT2D eigenvalue weighted by molar-refractivity contribution is 8.08. The zero-order valence-corrected chi connectivity index (χ0v) is 9.69. The molecule has 1 aromatic heterocycles. The lowest BCUT2D eigenvalue weighted by Gasteiger charge is -2.02. The Morgan fingerprint density at radius 3 is 2.73 bits per heavy atom. The van der Waals surface area contributed by atoms with Crippen LogP contribution in [0.4, 0.5) is 4.39 Å². The van der Waals surface area contributed by atoms with E-state index in [4.69, 9.17) is 10.7 Å². The van der Waals surface area contributed by atoms with Crippen LogP contribution in [-0.2, 0) is 21.8 Å². The molecule has 1 rings (SSSR count). The van der Waals surface area contributed by atoms with Crippen LogP contribution in [0.15, 0.2) is 11.1 Å². The van der Waals surface area contributed by atoms with Gasteiger partial charge in [-0.25, -0.2) is 13.4 Å². The van der Waals surface area contributed by atoms with Crippen molar-refractivity contribution in [2.24, 2.45) is 7.05 Å². The maximum absolute atomic E-state index is 13.5. The summed E-state index contributed by atoms with van der Waals surface area (Å²) >= 11 is 0. The van der Waals surface area contributed by atoms with Crippen molar-refractivity contribution in [2.45, 2.75) is 11.8 Å². The Morgan fingerprint density at radius 2 is 2.33 bits per heavy atom. The summed E-state index contributed by atoms with van der Waals surface area (Å²) in [5.74, 6) is -1.70. The summed E-state index contributed by atoms with van der Waals surface area (Å²) in [6.45, 7) is 1.75. The Kier molecular flexibility index (Phi) is 3.87. The third kappa shape index (κ3) is 2.38. The van der Waals surface area contributed by atoms with E-state index >= 15 is 0 Å². The Labute approximate surface area is 92.9 Å². The number of nitrogens with zero attached hydrogens (tertiary/aromatic N) is 1. The molecule has 1 heterocycles. The summed E-state index contributed by atoms with van der Waals surface area (Å²) < 4.78 is 30.2. The molecule has 0 N–H and O–H groups in total. The monoisotopic (exact) mass is 253 g/mol. The molecule has 0 fully saturated rings. The molecule has 1 unspecified atom stereocenters. The van der Waals surface area contributed by atoms with Gasteiger partial charge in [-0.15, -0.1) is 0 Å². The number of carbonyl (C=O) groups excluding carboxylic acids is 1. The van der Waals surface area contributed by atoms with Gasteiger partial charge in [-0.05, 0) is 17.6 Å². The van der Waals surface area contributed by atoms with Crippen molar-refractivity contribution in [3.05, 3.63) is 17.7 Å². The Hall–Kier alpha value is -0.880. The van der Waals surface area contributed by atoms with E-state index in [1.807, 2.05) is 0 Å². The van der Waals surface area contributed by atoms with Gasteiger partial charge in [0, 0.05) is 13.2 Å². The van der Waals surface area contributed by atoms with Crippen LogP contribution in [0.3, 0.4) is 0 Å². The van der Waals surface area contributed by atoms with Crippen LogP contribution < -0.4 is 0 Å². The SMILES string of the molecule is CCOC(=O)c1c(F)c(S(=O)Cl)cn1C. The molecule has 15 heavy (non-hydrogen) atoms. The average Bonchev–Trinajstić information content (AvgIpc) is 2.42. The zero-order chi connectivity index (χ0) is 11.6. The van der Waals surface area contributed by atoms with Gasteiger partial charge in [-0.1, -0.05) is 0 Å². The summed E-state index contributed by atoms with van der Waals surface area (Å²) in [6, 6.07) is 0. The molecular weight excluding hydrogens is 245 g/mol. The molecule has 0 spiro atoms. The van der Waals surface area contributed by atoms with Gasteiger partial charge in [0.25, 0.3) is 0 Å².